The molecular weight excluding hydrogens is 402 g/mol. The summed E-state index contributed by atoms with van der Waals surface area (Å²) in [5.74, 6) is 1.18. The second-order valence-corrected chi connectivity index (χ2v) is 8.64. The van der Waals surface area contributed by atoms with E-state index in [0.29, 0.717) is 35.1 Å². The highest BCUT2D eigenvalue weighted by Gasteiger charge is 2.51. The van der Waals surface area contributed by atoms with Gasteiger partial charge in [-0.1, -0.05) is 36.6 Å². The van der Waals surface area contributed by atoms with E-state index in [1.807, 2.05) is 35.2 Å². The lowest BCUT2D eigenvalue weighted by Crippen LogP contribution is -2.56. The number of ether oxygens (including phenoxy) is 2. The van der Waals surface area contributed by atoms with E-state index < -0.39 is 5.60 Å². The normalized spacial score (nSPS) is 26.1. The van der Waals surface area contributed by atoms with Crippen molar-refractivity contribution >= 4 is 17.5 Å². The number of piperidine rings is 1. The number of fused-ring (bicyclic) bond motifs is 1. The minimum atomic E-state index is -0.783. The molecule has 1 saturated heterocycles. The molecule has 0 radical (unpaired) electrons. The van der Waals surface area contributed by atoms with Crippen molar-refractivity contribution in [2.75, 3.05) is 20.8 Å². The van der Waals surface area contributed by atoms with Crippen LogP contribution >= 0.6 is 11.6 Å². The largest absolute Gasteiger partial charge is 0.497 e. The van der Waals surface area contributed by atoms with Gasteiger partial charge in [0.2, 0.25) is 0 Å². The highest BCUT2D eigenvalue weighted by molar-refractivity contribution is 6.33. The third-order valence-corrected chi connectivity index (χ3v) is 7.02. The highest BCUT2D eigenvalue weighted by atomic mass is 35.5. The Kier molecular flexibility index (Phi) is 5.94. The lowest BCUT2D eigenvalue weighted by Gasteiger charge is -2.52. The summed E-state index contributed by atoms with van der Waals surface area (Å²) in [6, 6.07) is 12.4. The van der Waals surface area contributed by atoms with Gasteiger partial charge in [0, 0.05) is 18.0 Å². The fourth-order valence-electron chi connectivity index (χ4n) is 5.15. The molecule has 160 valence electrons. The number of carbonyl (C=O) groups is 1. The maximum Gasteiger partial charge on any atom is 0.255 e. The minimum absolute atomic E-state index is 0.0764. The predicted molar refractivity (Wildman–Crippen MR) is 116 cm³/mol. The first-order valence-electron chi connectivity index (χ1n) is 10.5. The maximum atomic E-state index is 13.6. The number of carbonyl (C=O) groups excluding carboxylic acids is 1. The summed E-state index contributed by atoms with van der Waals surface area (Å²) in [7, 11) is 3.25. The molecule has 5 nitrogen and oxygen atoms in total. The second-order valence-electron chi connectivity index (χ2n) is 8.24. The van der Waals surface area contributed by atoms with Crippen molar-refractivity contribution in [1.29, 1.82) is 0 Å². The first-order valence-corrected chi connectivity index (χ1v) is 10.9. The summed E-state index contributed by atoms with van der Waals surface area (Å²) in [5, 5.41) is 11.9. The van der Waals surface area contributed by atoms with E-state index in [-0.39, 0.29) is 17.9 Å². The van der Waals surface area contributed by atoms with Crippen LogP contribution in [0.15, 0.2) is 42.5 Å². The minimum Gasteiger partial charge on any atom is -0.497 e. The molecule has 0 bridgehead atoms. The van der Waals surface area contributed by atoms with Crippen LogP contribution in [0.3, 0.4) is 0 Å². The Morgan fingerprint density at radius 1 is 1.13 bits per heavy atom. The van der Waals surface area contributed by atoms with Crippen molar-refractivity contribution in [1.82, 2.24) is 4.90 Å². The van der Waals surface area contributed by atoms with Crippen molar-refractivity contribution < 1.29 is 19.4 Å². The maximum absolute atomic E-state index is 13.6. The molecule has 2 aromatic carbocycles. The molecule has 0 spiro atoms. The third-order valence-electron chi connectivity index (χ3n) is 6.69. The zero-order chi connectivity index (χ0) is 21.3. The van der Waals surface area contributed by atoms with E-state index in [9.17, 15) is 9.90 Å². The number of amides is 1. The number of hydrogen-bond donors (Lipinski definition) is 1. The second kappa shape index (κ2) is 8.48. The van der Waals surface area contributed by atoms with Gasteiger partial charge in [-0.05, 0) is 49.6 Å². The van der Waals surface area contributed by atoms with Crippen molar-refractivity contribution in [3.05, 3.63) is 58.6 Å². The van der Waals surface area contributed by atoms with Gasteiger partial charge >= 0.3 is 0 Å². The van der Waals surface area contributed by atoms with Gasteiger partial charge in [-0.2, -0.15) is 0 Å². The molecule has 1 saturated carbocycles. The Labute approximate surface area is 182 Å². The van der Waals surface area contributed by atoms with Gasteiger partial charge in [0.1, 0.15) is 11.5 Å². The van der Waals surface area contributed by atoms with Crippen molar-refractivity contribution in [2.24, 2.45) is 5.92 Å². The number of rotatable bonds is 4. The molecule has 4 rings (SSSR count). The van der Waals surface area contributed by atoms with Gasteiger partial charge in [0.25, 0.3) is 5.91 Å². The molecule has 30 heavy (non-hydrogen) atoms. The molecule has 2 fully saturated rings. The van der Waals surface area contributed by atoms with Gasteiger partial charge in [0.05, 0.1) is 36.4 Å². The molecule has 1 aliphatic carbocycles. The van der Waals surface area contributed by atoms with Crippen molar-refractivity contribution in [2.45, 2.75) is 43.7 Å². The van der Waals surface area contributed by atoms with Gasteiger partial charge < -0.3 is 19.5 Å². The zero-order valence-corrected chi connectivity index (χ0v) is 18.2. The molecule has 6 heteroatoms. The average Bonchev–Trinajstić information content (AvgIpc) is 2.77. The third kappa shape index (κ3) is 3.65. The standard InChI is InChI=1S/C24H28ClNO4/c1-29-16-10-11-21(30-2)18(15-16)22-19-8-5-6-12-24(19,28)13-14-26(22)23(27)17-7-3-4-9-20(17)25/h3-4,7,9-11,15,19,22,28H,5-6,8,12-14H2,1-2H3/t19-,22+,24-/m0/s1. The zero-order valence-electron chi connectivity index (χ0n) is 17.4. The van der Waals surface area contributed by atoms with Crippen LogP contribution in [-0.4, -0.2) is 42.3 Å². The summed E-state index contributed by atoms with van der Waals surface area (Å²) in [6.45, 7) is 0.460. The summed E-state index contributed by atoms with van der Waals surface area (Å²) in [5.41, 5.74) is 0.559. The lowest BCUT2D eigenvalue weighted by atomic mass is 9.66. The summed E-state index contributed by atoms with van der Waals surface area (Å²) < 4.78 is 11.1. The molecular formula is C24H28ClNO4. The van der Waals surface area contributed by atoms with Gasteiger partial charge in [-0.25, -0.2) is 0 Å². The van der Waals surface area contributed by atoms with Crippen LogP contribution < -0.4 is 9.47 Å². The Bertz CT molecular complexity index is 933. The molecule has 1 amide bonds. The number of benzene rings is 2. The SMILES string of the molecule is COc1ccc(OC)c([C@@H]2[C@@H]3CCCC[C@]3(O)CCN2C(=O)c2ccccc2Cl)c1. The summed E-state index contributed by atoms with van der Waals surface area (Å²) in [4.78, 5) is 15.5. The first kappa shape index (κ1) is 21.0. The van der Waals surface area contributed by atoms with E-state index >= 15 is 0 Å². The molecule has 1 aliphatic heterocycles. The number of methoxy groups -OCH3 is 2. The number of likely N-dealkylation sites (tertiary alicyclic amines) is 1. The highest BCUT2D eigenvalue weighted by Crippen LogP contribution is 2.51. The van der Waals surface area contributed by atoms with Crippen LogP contribution in [0.25, 0.3) is 0 Å². The molecule has 2 aromatic rings. The van der Waals surface area contributed by atoms with E-state index in [1.54, 1.807) is 26.4 Å². The van der Waals surface area contributed by atoms with E-state index in [4.69, 9.17) is 21.1 Å². The van der Waals surface area contributed by atoms with Crippen LogP contribution in [-0.2, 0) is 0 Å². The number of aliphatic hydroxyl groups is 1. The Morgan fingerprint density at radius 2 is 1.93 bits per heavy atom. The number of nitrogens with zero attached hydrogens (tertiary/aromatic N) is 1. The van der Waals surface area contributed by atoms with Crippen molar-refractivity contribution in [3.8, 4) is 11.5 Å². The smallest absolute Gasteiger partial charge is 0.255 e. The number of hydrogen-bond acceptors (Lipinski definition) is 4. The fourth-order valence-corrected chi connectivity index (χ4v) is 5.37. The quantitative estimate of drug-likeness (QED) is 0.753. The summed E-state index contributed by atoms with van der Waals surface area (Å²) in [6.07, 6.45) is 4.22. The Morgan fingerprint density at radius 3 is 2.67 bits per heavy atom. The lowest BCUT2D eigenvalue weighted by molar-refractivity contribution is -0.115. The van der Waals surface area contributed by atoms with Crippen LogP contribution in [0.1, 0.15) is 54.1 Å². The van der Waals surface area contributed by atoms with Crippen molar-refractivity contribution in [3.63, 3.8) is 0 Å². The van der Waals surface area contributed by atoms with Crippen LogP contribution in [0, 0.1) is 5.92 Å². The van der Waals surface area contributed by atoms with Gasteiger partial charge in [-0.3, -0.25) is 4.79 Å². The molecule has 1 N–H and O–H groups in total. The summed E-state index contributed by atoms with van der Waals surface area (Å²) >= 11 is 6.36. The molecule has 2 aliphatic rings. The molecule has 1 heterocycles. The van der Waals surface area contributed by atoms with E-state index in [2.05, 4.69) is 0 Å². The molecule has 3 atom stereocenters. The van der Waals surface area contributed by atoms with Gasteiger partial charge in [-0.15, -0.1) is 0 Å². The average molecular weight is 430 g/mol. The predicted octanol–water partition coefficient (Wildman–Crippen LogP) is 4.87. The topological polar surface area (TPSA) is 59.0 Å². The monoisotopic (exact) mass is 429 g/mol. The fraction of sp³-hybridized carbons (Fsp3) is 0.458. The van der Waals surface area contributed by atoms with Crippen LogP contribution in [0.2, 0.25) is 5.02 Å². The molecule has 0 aromatic heterocycles. The Hall–Kier alpha value is -2.24. The van der Waals surface area contributed by atoms with Crippen LogP contribution in [0.5, 0.6) is 11.5 Å². The first-order chi connectivity index (χ1) is 14.5. The molecule has 0 unspecified atom stereocenters. The van der Waals surface area contributed by atoms with E-state index in [1.165, 1.54) is 0 Å². The Balaban J connectivity index is 1.84. The number of halogens is 1. The van der Waals surface area contributed by atoms with Gasteiger partial charge in [0.15, 0.2) is 0 Å². The van der Waals surface area contributed by atoms with E-state index in [0.717, 1.165) is 31.2 Å². The van der Waals surface area contributed by atoms with Crippen LogP contribution in [0.4, 0.5) is 0 Å².